The molecular weight excluding hydrogens is 477 g/mol. The molecule has 0 aliphatic carbocycles. The average molecular weight is 498 g/mol. The third-order valence-electron chi connectivity index (χ3n) is 5.27. The van der Waals surface area contributed by atoms with Crippen LogP contribution in [-0.2, 0) is 15.8 Å². The smallest absolute Gasteiger partial charge is 0.247 e. The Bertz CT molecular complexity index is 1210. The van der Waals surface area contributed by atoms with E-state index in [0.717, 1.165) is 0 Å². The van der Waals surface area contributed by atoms with Crippen LogP contribution in [-0.4, -0.2) is 43.7 Å². The fourth-order valence-corrected chi connectivity index (χ4v) is 5.85. The molecule has 2 heterocycles. The zero-order chi connectivity index (χ0) is 22.9. The van der Waals surface area contributed by atoms with Gasteiger partial charge in [0.15, 0.2) is 0 Å². The molecule has 0 N–H and O–H groups in total. The second-order valence-electron chi connectivity index (χ2n) is 7.28. The van der Waals surface area contributed by atoms with Crippen LogP contribution in [0, 0.1) is 0 Å². The van der Waals surface area contributed by atoms with E-state index < -0.39 is 16.1 Å². The molecule has 11 heteroatoms. The summed E-state index contributed by atoms with van der Waals surface area (Å²) in [4.78, 5) is 0. The Hall–Kier alpha value is -2.33. The number of hydrogen-bond acceptors (Lipinski definition) is 7. The number of hydrogen-bond donors (Lipinski definition) is 0. The summed E-state index contributed by atoms with van der Waals surface area (Å²) in [5.74, 6) is 1.04. The van der Waals surface area contributed by atoms with Crippen molar-refractivity contribution in [2.75, 3.05) is 20.8 Å². The lowest BCUT2D eigenvalue weighted by Gasteiger charge is -2.22. The van der Waals surface area contributed by atoms with Crippen LogP contribution in [0.1, 0.15) is 30.3 Å². The molecule has 0 amide bonds. The number of nitrogens with zero attached hydrogens (tertiary/aromatic N) is 3. The van der Waals surface area contributed by atoms with Crippen LogP contribution in [0.3, 0.4) is 0 Å². The predicted octanol–water partition coefficient (Wildman–Crippen LogP) is 4.73. The highest BCUT2D eigenvalue weighted by atomic mass is 35.5. The van der Waals surface area contributed by atoms with Gasteiger partial charge in [-0.25, -0.2) is 8.42 Å². The van der Waals surface area contributed by atoms with Crippen molar-refractivity contribution in [3.8, 4) is 23.0 Å². The van der Waals surface area contributed by atoms with E-state index in [0.29, 0.717) is 57.9 Å². The molecule has 3 aromatic rings. The van der Waals surface area contributed by atoms with Crippen molar-refractivity contribution in [3.63, 3.8) is 0 Å². The summed E-state index contributed by atoms with van der Waals surface area (Å²) in [6.07, 6.45) is 1.27. The van der Waals surface area contributed by atoms with Gasteiger partial charge in [0.05, 0.1) is 25.0 Å². The van der Waals surface area contributed by atoms with Gasteiger partial charge in [0.25, 0.3) is 0 Å². The van der Waals surface area contributed by atoms with E-state index in [4.69, 9.17) is 37.1 Å². The van der Waals surface area contributed by atoms with Crippen molar-refractivity contribution in [2.45, 2.75) is 24.6 Å². The third kappa shape index (κ3) is 4.56. The van der Waals surface area contributed by atoms with Crippen molar-refractivity contribution < 1.29 is 22.3 Å². The first-order chi connectivity index (χ1) is 15.3. The lowest BCUT2D eigenvalue weighted by atomic mass is 10.2. The maximum Gasteiger partial charge on any atom is 0.247 e. The molecular formula is C21H21Cl2N3O5S. The van der Waals surface area contributed by atoms with Crippen LogP contribution in [0.25, 0.3) is 11.5 Å². The first-order valence-electron chi connectivity index (χ1n) is 9.81. The summed E-state index contributed by atoms with van der Waals surface area (Å²) in [7, 11) is -0.802. The van der Waals surface area contributed by atoms with E-state index >= 15 is 0 Å². The summed E-state index contributed by atoms with van der Waals surface area (Å²) in [6.45, 7) is 0.360. The summed E-state index contributed by atoms with van der Waals surface area (Å²) >= 11 is 12.1. The Morgan fingerprint density at radius 2 is 1.81 bits per heavy atom. The van der Waals surface area contributed by atoms with E-state index in [-0.39, 0.29) is 11.6 Å². The van der Waals surface area contributed by atoms with Gasteiger partial charge in [-0.1, -0.05) is 23.2 Å². The summed E-state index contributed by atoms with van der Waals surface area (Å²) in [6, 6.07) is 9.57. The van der Waals surface area contributed by atoms with E-state index in [9.17, 15) is 8.42 Å². The number of methoxy groups -OCH3 is 2. The Balaban J connectivity index is 1.60. The third-order valence-corrected chi connectivity index (χ3v) is 7.65. The van der Waals surface area contributed by atoms with Crippen molar-refractivity contribution >= 4 is 33.2 Å². The summed E-state index contributed by atoms with van der Waals surface area (Å²) in [5.41, 5.74) is 1.16. The molecule has 1 aliphatic rings. The minimum Gasteiger partial charge on any atom is -0.496 e. The molecule has 170 valence electrons. The van der Waals surface area contributed by atoms with Crippen LogP contribution in [0.15, 0.2) is 40.8 Å². The monoisotopic (exact) mass is 497 g/mol. The normalized spacial score (nSPS) is 16.9. The predicted molar refractivity (Wildman–Crippen MR) is 121 cm³/mol. The molecule has 1 fully saturated rings. The number of aromatic nitrogens is 2. The van der Waals surface area contributed by atoms with Gasteiger partial charge in [0.1, 0.15) is 17.5 Å². The first kappa shape index (κ1) is 22.8. The molecule has 1 unspecified atom stereocenters. The fraction of sp³-hybridized carbons (Fsp3) is 0.333. The van der Waals surface area contributed by atoms with Crippen LogP contribution >= 0.6 is 23.2 Å². The molecule has 0 saturated carbocycles. The molecule has 0 bridgehead atoms. The van der Waals surface area contributed by atoms with E-state index in [1.54, 1.807) is 36.4 Å². The molecule has 4 rings (SSSR count). The molecule has 1 aromatic heterocycles. The summed E-state index contributed by atoms with van der Waals surface area (Å²) < 4.78 is 44.5. The lowest BCUT2D eigenvalue weighted by molar-refractivity contribution is 0.331. The standard InChI is InChI=1S/C21H21Cl2N3O5S/c1-29-18-11-16(23)19(30-2)10-14(18)12-32(27,28)26-9-3-4-17(26)21-25-24-20(31-21)13-5-7-15(22)8-6-13/h5-8,10-11,17H,3-4,9,12H2,1-2H3. The van der Waals surface area contributed by atoms with Crippen molar-refractivity contribution in [1.82, 2.24) is 14.5 Å². The van der Waals surface area contributed by atoms with Gasteiger partial charge in [0, 0.05) is 28.8 Å². The minimum absolute atomic E-state index is 0.261. The molecule has 0 spiro atoms. The second kappa shape index (κ2) is 9.27. The Morgan fingerprint density at radius 3 is 2.50 bits per heavy atom. The SMILES string of the molecule is COc1cc(CS(=O)(=O)N2CCCC2c2nnc(-c3ccc(Cl)cc3)o2)c(OC)cc1Cl. The highest BCUT2D eigenvalue weighted by Crippen LogP contribution is 2.38. The van der Waals surface area contributed by atoms with Crippen molar-refractivity contribution in [1.29, 1.82) is 0 Å². The number of ether oxygens (including phenoxy) is 2. The first-order valence-corrected chi connectivity index (χ1v) is 12.2. The minimum atomic E-state index is -3.73. The maximum atomic E-state index is 13.3. The molecule has 32 heavy (non-hydrogen) atoms. The zero-order valence-electron chi connectivity index (χ0n) is 17.4. The molecule has 0 radical (unpaired) electrons. The molecule has 1 saturated heterocycles. The van der Waals surface area contributed by atoms with Gasteiger partial charge in [0.2, 0.25) is 21.8 Å². The number of rotatable bonds is 7. The summed E-state index contributed by atoms with van der Waals surface area (Å²) in [5, 5.41) is 9.14. The number of benzene rings is 2. The molecule has 1 aliphatic heterocycles. The quantitative estimate of drug-likeness (QED) is 0.465. The van der Waals surface area contributed by atoms with E-state index in [1.165, 1.54) is 18.5 Å². The molecule has 8 nitrogen and oxygen atoms in total. The van der Waals surface area contributed by atoms with Crippen molar-refractivity contribution in [2.24, 2.45) is 0 Å². The zero-order valence-corrected chi connectivity index (χ0v) is 19.7. The van der Waals surface area contributed by atoms with Gasteiger partial charge < -0.3 is 13.9 Å². The molecule has 2 aromatic carbocycles. The van der Waals surface area contributed by atoms with E-state index in [2.05, 4.69) is 10.2 Å². The average Bonchev–Trinajstić information content (AvgIpc) is 3.45. The lowest BCUT2D eigenvalue weighted by Crippen LogP contribution is -2.32. The van der Waals surface area contributed by atoms with Gasteiger partial charge in [-0.2, -0.15) is 4.31 Å². The Labute approximate surface area is 196 Å². The highest BCUT2D eigenvalue weighted by Gasteiger charge is 2.39. The number of halogens is 2. The van der Waals surface area contributed by atoms with E-state index in [1.807, 2.05) is 0 Å². The molecule has 1 atom stereocenters. The largest absolute Gasteiger partial charge is 0.496 e. The van der Waals surface area contributed by atoms with Crippen LogP contribution in [0.5, 0.6) is 11.5 Å². The van der Waals surface area contributed by atoms with Crippen LogP contribution in [0.2, 0.25) is 10.0 Å². The Kier molecular flexibility index (Phi) is 6.62. The second-order valence-corrected chi connectivity index (χ2v) is 10.0. The van der Waals surface area contributed by atoms with Gasteiger partial charge in [-0.3, -0.25) is 0 Å². The van der Waals surface area contributed by atoms with Gasteiger partial charge >= 0.3 is 0 Å². The van der Waals surface area contributed by atoms with Gasteiger partial charge in [-0.05, 0) is 43.2 Å². The van der Waals surface area contributed by atoms with Crippen molar-refractivity contribution in [3.05, 3.63) is 57.9 Å². The fourth-order valence-electron chi connectivity index (χ4n) is 3.71. The van der Waals surface area contributed by atoms with Crippen LogP contribution < -0.4 is 9.47 Å². The van der Waals surface area contributed by atoms with Gasteiger partial charge in [-0.15, -0.1) is 10.2 Å². The topological polar surface area (TPSA) is 94.8 Å². The Morgan fingerprint density at radius 1 is 1.09 bits per heavy atom. The maximum absolute atomic E-state index is 13.3. The number of sulfonamides is 1. The highest BCUT2D eigenvalue weighted by molar-refractivity contribution is 7.88. The van der Waals surface area contributed by atoms with Crippen LogP contribution in [0.4, 0.5) is 0 Å².